The fraction of sp³-hybridized carbons (Fsp3) is 0.350. The molecule has 3 aromatic rings. The van der Waals surface area contributed by atoms with Gasteiger partial charge in [-0.05, 0) is 49.2 Å². The number of aromatic nitrogens is 2. The lowest BCUT2D eigenvalue weighted by Crippen LogP contribution is -2.37. The largest absolute Gasteiger partial charge is 0.468 e. The molecule has 0 N–H and O–H groups in total. The topological polar surface area (TPSA) is 62.5 Å². The maximum absolute atomic E-state index is 12.7. The van der Waals surface area contributed by atoms with E-state index >= 15 is 0 Å². The lowest BCUT2D eigenvalue weighted by molar-refractivity contribution is 0.0728. The van der Waals surface area contributed by atoms with Crippen LogP contribution in [-0.2, 0) is 26.1 Å². The van der Waals surface area contributed by atoms with Crippen LogP contribution in [0.4, 0.5) is 0 Å². The van der Waals surface area contributed by atoms with Gasteiger partial charge in [-0.2, -0.15) is 0 Å². The predicted molar refractivity (Wildman–Crippen MR) is 103 cm³/mol. The molecule has 3 aromatic heterocycles. The minimum atomic E-state index is 0.00494. The van der Waals surface area contributed by atoms with Crippen LogP contribution in [0.3, 0.4) is 0 Å². The van der Waals surface area contributed by atoms with E-state index in [0.717, 1.165) is 35.8 Å². The van der Waals surface area contributed by atoms with Crippen molar-refractivity contribution in [3.63, 3.8) is 0 Å². The Kier molecular flexibility index (Phi) is 5.05. The Morgan fingerprint density at radius 3 is 3.00 bits per heavy atom. The molecule has 1 amide bonds. The highest BCUT2D eigenvalue weighted by molar-refractivity contribution is 7.09. The van der Waals surface area contributed by atoms with Crippen LogP contribution in [-0.4, -0.2) is 39.3 Å². The average molecular weight is 382 g/mol. The lowest BCUT2D eigenvalue weighted by Gasteiger charge is -2.30. The van der Waals surface area contributed by atoms with Crippen LogP contribution in [0.5, 0.6) is 0 Å². The van der Waals surface area contributed by atoms with E-state index in [0.29, 0.717) is 18.8 Å². The maximum atomic E-state index is 12.7. The van der Waals surface area contributed by atoms with Crippen LogP contribution in [0.25, 0.3) is 0 Å². The number of nitrogens with zero attached hydrogens (tertiary/aromatic N) is 4. The molecule has 140 valence electrons. The summed E-state index contributed by atoms with van der Waals surface area (Å²) in [4.78, 5) is 25.5. The molecule has 0 unspecified atom stereocenters. The van der Waals surface area contributed by atoms with Crippen LogP contribution in [0.1, 0.15) is 37.9 Å². The molecular weight excluding hydrogens is 360 g/mol. The number of hydrogen-bond acceptors (Lipinski definition) is 6. The van der Waals surface area contributed by atoms with Gasteiger partial charge >= 0.3 is 0 Å². The zero-order chi connectivity index (χ0) is 18.8. The summed E-state index contributed by atoms with van der Waals surface area (Å²) in [5, 5.41) is 2.75. The second kappa shape index (κ2) is 7.62. The number of carbonyl (C=O) groups excluding carboxylic acids is 1. The van der Waals surface area contributed by atoms with Crippen molar-refractivity contribution in [1.29, 1.82) is 0 Å². The maximum Gasteiger partial charge on any atom is 0.273 e. The summed E-state index contributed by atoms with van der Waals surface area (Å²) in [6.45, 7) is 4.78. The Bertz CT molecular complexity index is 935. The van der Waals surface area contributed by atoms with Gasteiger partial charge < -0.3 is 9.32 Å². The summed E-state index contributed by atoms with van der Waals surface area (Å²) in [5.41, 5.74) is 4.21. The number of rotatable bonds is 5. The first-order valence-electron chi connectivity index (χ1n) is 8.97. The van der Waals surface area contributed by atoms with Crippen molar-refractivity contribution in [2.75, 3.05) is 13.6 Å². The summed E-state index contributed by atoms with van der Waals surface area (Å²) in [6, 6.07) is 3.89. The van der Waals surface area contributed by atoms with Crippen molar-refractivity contribution >= 4 is 17.2 Å². The third-order valence-electron chi connectivity index (χ3n) is 4.80. The SMILES string of the molecule is Cc1nc(C(=O)N2CCc3c(CN(C)Cc4ccco4)cncc3C2)cs1. The molecule has 0 saturated heterocycles. The molecule has 0 spiro atoms. The minimum Gasteiger partial charge on any atom is -0.468 e. The number of hydrogen-bond donors (Lipinski definition) is 0. The quantitative estimate of drug-likeness (QED) is 0.678. The summed E-state index contributed by atoms with van der Waals surface area (Å²) in [6.07, 6.45) is 6.37. The van der Waals surface area contributed by atoms with Crippen LogP contribution in [0, 0.1) is 6.92 Å². The molecule has 0 bridgehead atoms. The van der Waals surface area contributed by atoms with Gasteiger partial charge in [-0.15, -0.1) is 11.3 Å². The van der Waals surface area contributed by atoms with Gasteiger partial charge in [-0.3, -0.25) is 14.7 Å². The molecule has 0 aliphatic carbocycles. The van der Waals surface area contributed by atoms with Gasteiger partial charge in [0.05, 0.1) is 17.8 Å². The van der Waals surface area contributed by atoms with Crippen molar-refractivity contribution in [3.05, 3.63) is 69.3 Å². The van der Waals surface area contributed by atoms with Crippen LogP contribution >= 0.6 is 11.3 Å². The molecule has 6 nitrogen and oxygen atoms in total. The molecule has 1 aliphatic rings. The normalized spacial score (nSPS) is 13.8. The van der Waals surface area contributed by atoms with Gasteiger partial charge in [-0.25, -0.2) is 4.98 Å². The summed E-state index contributed by atoms with van der Waals surface area (Å²) < 4.78 is 5.43. The first kappa shape index (κ1) is 17.9. The Labute approximate surface area is 162 Å². The number of aryl methyl sites for hydroxylation is 1. The Morgan fingerprint density at radius 1 is 1.37 bits per heavy atom. The van der Waals surface area contributed by atoms with Gasteiger partial charge in [0.25, 0.3) is 5.91 Å². The number of fused-ring (bicyclic) bond motifs is 1. The Hall–Kier alpha value is -2.51. The van der Waals surface area contributed by atoms with Crippen LogP contribution < -0.4 is 0 Å². The third kappa shape index (κ3) is 3.94. The van der Waals surface area contributed by atoms with E-state index in [1.165, 1.54) is 22.5 Å². The van der Waals surface area contributed by atoms with E-state index in [-0.39, 0.29) is 5.91 Å². The average Bonchev–Trinajstić information content (AvgIpc) is 3.32. The number of pyridine rings is 1. The highest BCUT2D eigenvalue weighted by Crippen LogP contribution is 2.24. The Balaban J connectivity index is 1.47. The monoisotopic (exact) mass is 382 g/mol. The number of furan rings is 1. The smallest absolute Gasteiger partial charge is 0.273 e. The third-order valence-corrected chi connectivity index (χ3v) is 5.57. The second-order valence-corrected chi connectivity index (χ2v) is 7.98. The minimum absolute atomic E-state index is 0.00494. The van der Waals surface area contributed by atoms with Crippen molar-refractivity contribution < 1.29 is 9.21 Å². The predicted octanol–water partition coefficient (Wildman–Crippen LogP) is 3.27. The molecule has 1 aliphatic heterocycles. The van der Waals surface area contributed by atoms with E-state index in [9.17, 15) is 4.79 Å². The van der Waals surface area contributed by atoms with Crippen molar-refractivity contribution in [2.45, 2.75) is 33.0 Å². The number of amides is 1. The van der Waals surface area contributed by atoms with Crippen molar-refractivity contribution in [1.82, 2.24) is 19.8 Å². The first-order valence-corrected chi connectivity index (χ1v) is 9.85. The van der Waals surface area contributed by atoms with Gasteiger partial charge in [-0.1, -0.05) is 0 Å². The standard InChI is InChI=1S/C20H22N4O2S/c1-14-22-19(13-27-14)20(25)24-6-5-18-15(8-21-9-16(18)11-24)10-23(2)12-17-4-3-7-26-17/h3-4,7-9,13H,5-6,10-12H2,1-2H3. The zero-order valence-electron chi connectivity index (χ0n) is 15.5. The molecule has 4 rings (SSSR count). The molecule has 4 heterocycles. The van der Waals surface area contributed by atoms with E-state index in [1.54, 1.807) is 6.26 Å². The first-order chi connectivity index (χ1) is 13.1. The molecular formula is C20H22N4O2S. The summed E-state index contributed by atoms with van der Waals surface area (Å²) in [7, 11) is 2.07. The Morgan fingerprint density at radius 2 is 2.26 bits per heavy atom. The summed E-state index contributed by atoms with van der Waals surface area (Å²) in [5.74, 6) is 0.955. The van der Waals surface area contributed by atoms with Crippen LogP contribution in [0.15, 0.2) is 40.6 Å². The van der Waals surface area contributed by atoms with Gasteiger partial charge in [0.2, 0.25) is 0 Å². The number of thiazole rings is 1. The fourth-order valence-corrected chi connectivity index (χ4v) is 4.10. The van der Waals surface area contributed by atoms with E-state index < -0.39 is 0 Å². The summed E-state index contributed by atoms with van der Waals surface area (Å²) >= 11 is 1.51. The molecule has 0 radical (unpaired) electrons. The number of carbonyl (C=O) groups is 1. The lowest BCUT2D eigenvalue weighted by atomic mass is 9.96. The molecule has 0 atom stereocenters. The second-order valence-electron chi connectivity index (χ2n) is 6.92. The molecule has 0 fully saturated rings. The highest BCUT2D eigenvalue weighted by Gasteiger charge is 2.25. The molecule has 7 heteroatoms. The molecule has 27 heavy (non-hydrogen) atoms. The van der Waals surface area contributed by atoms with Crippen molar-refractivity contribution in [2.24, 2.45) is 0 Å². The van der Waals surface area contributed by atoms with E-state index in [1.807, 2.05) is 41.7 Å². The fourth-order valence-electron chi connectivity index (χ4n) is 3.52. The van der Waals surface area contributed by atoms with Crippen molar-refractivity contribution in [3.8, 4) is 0 Å². The van der Waals surface area contributed by atoms with Gasteiger partial charge in [0.1, 0.15) is 11.5 Å². The van der Waals surface area contributed by atoms with E-state index in [4.69, 9.17) is 4.42 Å². The molecule has 0 saturated carbocycles. The van der Waals surface area contributed by atoms with Crippen LogP contribution in [0.2, 0.25) is 0 Å². The van der Waals surface area contributed by atoms with Gasteiger partial charge in [0, 0.05) is 37.4 Å². The zero-order valence-corrected chi connectivity index (χ0v) is 16.3. The van der Waals surface area contributed by atoms with Gasteiger partial charge in [0.15, 0.2) is 0 Å². The highest BCUT2D eigenvalue weighted by atomic mass is 32.1. The molecule has 0 aromatic carbocycles. The van der Waals surface area contributed by atoms with E-state index in [2.05, 4.69) is 21.9 Å².